The van der Waals surface area contributed by atoms with Gasteiger partial charge in [0.25, 0.3) is 11.8 Å². The highest BCUT2D eigenvalue weighted by molar-refractivity contribution is 7.80. The zero-order valence-electron chi connectivity index (χ0n) is 17.3. The van der Waals surface area contributed by atoms with E-state index in [1.54, 1.807) is 54.6 Å². The summed E-state index contributed by atoms with van der Waals surface area (Å²) in [6.45, 7) is 2.68. The third-order valence-corrected chi connectivity index (χ3v) is 4.83. The maximum Gasteiger partial charge on any atom is 0.291 e. The summed E-state index contributed by atoms with van der Waals surface area (Å²) >= 11 is 11.5. The summed E-state index contributed by atoms with van der Waals surface area (Å²) in [6.07, 6.45) is 3.38. The Balaban J connectivity index is 1.56. The molecule has 3 rings (SSSR count). The van der Waals surface area contributed by atoms with Crippen LogP contribution in [-0.4, -0.2) is 23.5 Å². The largest absolute Gasteiger partial charge is 0.494 e. The van der Waals surface area contributed by atoms with Gasteiger partial charge in [-0.15, -0.1) is 0 Å². The number of benzene rings is 2. The Morgan fingerprint density at radius 2 is 1.91 bits per heavy atom. The molecular weight excluding hydrogens is 450 g/mol. The molecule has 32 heavy (non-hydrogen) atoms. The number of carbonyl (C=O) groups excluding carboxylic acids is 2. The number of carbonyl (C=O) groups is 2. The number of furan rings is 1. The maximum atomic E-state index is 12.5. The number of hydrogen-bond donors (Lipinski definition) is 3. The lowest BCUT2D eigenvalue weighted by Crippen LogP contribution is -2.34. The Morgan fingerprint density at radius 3 is 2.62 bits per heavy atom. The van der Waals surface area contributed by atoms with Gasteiger partial charge < -0.3 is 19.8 Å². The van der Waals surface area contributed by atoms with E-state index in [0.717, 1.165) is 12.8 Å². The summed E-state index contributed by atoms with van der Waals surface area (Å²) in [5, 5.41) is 8.59. The smallest absolute Gasteiger partial charge is 0.291 e. The highest BCUT2D eigenvalue weighted by atomic mass is 35.5. The van der Waals surface area contributed by atoms with Crippen molar-refractivity contribution in [2.45, 2.75) is 19.8 Å². The predicted molar refractivity (Wildman–Crippen MR) is 129 cm³/mol. The third-order valence-electron chi connectivity index (χ3n) is 4.31. The molecule has 3 N–H and O–H groups in total. The molecule has 2 aromatic carbocycles. The third kappa shape index (κ3) is 6.57. The summed E-state index contributed by atoms with van der Waals surface area (Å²) in [5.41, 5.74) is 1.39. The second kappa shape index (κ2) is 11.3. The molecule has 0 unspecified atom stereocenters. The van der Waals surface area contributed by atoms with E-state index < -0.39 is 5.91 Å². The van der Waals surface area contributed by atoms with Crippen molar-refractivity contribution < 1.29 is 18.7 Å². The van der Waals surface area contributed by atoms with E-state index in [1.807, 2.05) is 0 Å². The van der Waals surface area contributed by atoms with Crippen LogP contribution in [0.2, 0.25) is 5.02 Å². The predicted octanol–water partition coefficient (Wildman–Crippen LogP) is 5.49. The average Bonchev–Trinajstić information content (AvgIpc) is 3.31. The molecule has 0 saturated heterocycles. The lowest BCUT2D eigenvalue weighted by atomic mass is 10.2. The zero-order valence-corrected chi connectivity index (χ0v) is 18.9. The standard InChI is InChI=1S/C23H22ClN3O4S/c1-2-3-11-30-17-7-4-6-15(13-17)21(28)27-23(32)25-16-9-10-19(18(24)14-16)26-22(29)20-8-5-12-31-20/h4-10,12-14H,2-3,11H2,1H3,(H,26,29)(H2,25,27,28,32). The van der Waals surface area contributed by atoms with Crippen molar-refractivity contribution in [3.05, 3.63) is 77.2 Å². The number of rotatable bonds is 8. The molecule has 0 radical (unpaired) electrons. The van der Waals surface area contributed by atoms with Crippen molar-refractivity contribution in [2.75, 3.05) is 17.2 Å². The molecule has 166 valence electrons. The Labute approximate surface area is 196 Å². The fourth-order valence-corrected chi connectivity index (χ4v) is 3.12. The molecule has 0 atom stereocenters. The SMILES string of the molecule is CCCCOc1cccc(C(=O)NC(=S)Nc2ccc(NC(=O)c3ccco3)c(Cl)c2)c1. The molecule has 0 aliphatic rings. The molecule has 9 heteroatoms. The van der Waals surface area contributed by atoms with Crippen LogP contribution >= 0.6 is 23.8 Å². The summed E-state index contributed by atoms with van der Waals surface area (Å²) in [6, 6.07) is 14.9. The van der Waals surface area contributed by atoms with Gasteiger partial charge in [-0.25, -0.2) is 0 Å². The lowest BCUT2D eigenvalue weighted by Gasteiger charge is -2.12. The number of anilines is 2. The van der Waals surface area contributed by atoms with Crippen molar-refractivity contribution in [1.29, 1.82) is 0 Å². The van der Waals surface area contributed by atoms with Gasteiger partial charge in [-0.3, -0.25) is 14.9 Å². The van der Waals surface area contributed by atoms with Crippen LogP contribution in [0.4, 0.5) is 11.4 Å². The van der Waals surface area contributed by atoms with E-state index in [-0.39, 0.29) is 16.8 Å². The first-order chi connectivity index (χ1) is 15.5. The van der Waals surface area contributed by atoms with Crippen molar-refractivity contribution >= 4 is 52.1 Å². The fourth-order valence-electron chi connectivity index (χ4n) is 2.69. The van der Waals surface area contributed by atoms with Crippen molar-refractivity contribution in [3.63, 3.8) is 0 Å². The van der Waals surface area contributed by atoms with Gasteiger partial charge in [0, 0.05) is 11.3 Å². The van der Waals surface area contributed by atoms with Crippen LogP contribution in [0.15, 0.2) is 65.3 Å². The van der Waals surface area contributed by atoms with Crippen LogP contribution in [0.3, 0.4) is 0 Å². The van der Waals surface area contributed by atoms with Crippen LogP contribution in [0.1, 0.15) is 40.7 Å². The lowest BCUT2D eigenvalue weighted by molar-refractivity contribution is 0.0974. The highest BCUT2D eigenvalue weighted by Crippen LogP contribution is 2.26. The number of amides is 2. The number of thiocarbonyl (C=S) groups is 1. The topological polar surface area (TPSA) is 92.6 Å². The van der Waals surface area contributed by atoms with Crippen LogP contribution in [-0.2, 0) is 0 Å². The van der Waals surface area contributed by atoms with Gasteiger partial charge in [-0.1, -0.05) is 31.0 Å². The summed E-state index contributed by atoms with van der Waals surface area (Å²) in [7, 11) is 0. The van der Waals surface area contributed by atoms with Gasteiger partial charge >= 0.3 is 0 Å². The van der Waals surface area contributed by atoms with E-state index in [4.69, 9.17) is 33.0 Å². The molecule has 0 saturated carbocycles. The van der Waals surface area contributed by atoms with E-state index >= 15 is 0 Å². The van der Waals surface area contributed by atoms with Crippen molar-refractivity contribution in [2.24, 2.45) is 0 Å². The number of unbranched alkanes of at least 4 members (excludes halogenated alkanes) is 1. The molecule has 0 spiro atoms. The molecule has 1 heterocycles. The van der Waals surface area contributed by atoms with Crippen molar-refractivity contribution in [1.82, 2.24) is 5.32 Å². The molecule has 2 amide bonds. The number of hydrogen-bond acceptors (Lipinski definition) is 5. The molecule has 0 aliphatic heterocycles. The number of nitrogens with one attached hydrogen (secondary N) is 3. The van der Waals surface area contributed by atoms with Gasteiger partial charge in [0.1, 0.15) is 5.75 Å². The van der Waals surface area contributed by atoms with Crippen LogP contribution in [0.25, 0.3) is 0 Å². The Morgan fingerprint density at radius 1 is 1.06 bits per heavy atom. The first-order valence-electron chi connectivity index (χ1n) is 9.96. The first kappa shape index (κ1) is 23.3. The zero-order chi connectivity index (χ0) is 22.9. The maximum absolute atomic E-state index is 12.5. The van der Waals surface area contributed by atoms with E-state index in [0.29, 0.717) is 34.3 Å². The fraction of sp³-hybridized carbons (Fsp3) is 0.174. The van der Waals surface area contributed by atoms with Gasteiger partial charge in [0.15, 0.2) is 10.9 Å². The van der Waals surface area contributed by atoms with E-state index in [2.05, 4.69) is 22.9 Å². The second-order valence-corrected chi connectivity index (χ2v) is 7.58. The van der Waals surface area contributed by atoms with Gasteiger partial charge in [-0.2, -0.15) is 0 Å². The Bertz CT molecular complexity index is 1100. The normalized spacial score (nSPS) is 10.3. The second-order valence-electron chi connectivity index (χ2n) is 6.76. The minimum absolute atomic E-state index is 0.107. The highest BCUT2D eigenvalue weighted by Gasteiger charge is 2.13. The van der Waals surface area contributed by atoms with Gasteiger partial charge in [0.05, 0.1) is 23.6 Å². The minimum atomic E-state index is -0.415. The summed E-state index contributed by atoms with van der Waals surface area (Å²) < 4.78 is 10.7. The molecule has 3 aromatic rings. The van der Waals surface area contributed by atoms with Crippen LogP contribution in [0, 0.1) is 0 Å². The molecular formula is C23H22ClN3O4S. The molecule has 0 bridgehead atoms. The van der Waals surface area contributed by atoms with E-state index in [9.17, 15) is 9.59 Å². The summed E-state index contributed by atoms with van der Waals surface area (Å²) in [4.78, 5) is 24.6. The molecule has 0 aliphatic carbocycles. The molecule has 7 nitrogen and oxygen atoms in total. The van der Waals surface area contributed by atoms with E-state index in [1.165, 1.54) is 6.26 Å². The van der Waals surface area contributed by atoms with Crippen molar-refractivity contribution in [3.8, 4) is 5.75 Å². The minimum Gasteiger partial charge on any atom is -0.494 e. The average molecular weight is 472 g/mol. The Hall–Kier alpha value is -3.36. The van der Waals surface area contributed by atoms with Gasteiger partial charge in [0.2, 0.25) is 0 Å². The number of halogens is 1. The van der Waals surface area contributed by atoms with Crippen LogP contribution < -0.4 is 20.7 Å². The summed E-state index contributed by atoms with van der Waals surface area (Å²) in [5.74, 6) is 0.0223. The van der Waals surface area contributed by atoms with Gasteiger partial charge in [-0.05, 0) is 67.2 Å². The molecule has 0 fully saturated rings. The quantitative estimate of drug-likeness (QED) is 0.297. The first-order valence-corrected chi connectivity index (χ1v) is 10.7. The Kier molecular flexibility index (Phi) is 8.24. The number of ether oxygens (including phenoxy) is 1. The molecule has 1 aromatic heterocycles. The van der Waals surface area contributed by atoms with Crippen LogP contribution in [0.5, 0.6) is 5.75 Å². The monoisotopic (exact) mass is 471 g/mol.